The summed E-state index contributed by atoms with van der Waals surface area (Å²) in [6.45, 7) is 1.62. The molecule has 0 fully saturated rings. The SMILES string of the molecule is C[C@H](C(=O)Nc1ncnc2nc[nH]c12)n1cnc2c1c(=O)n(C)c(=O)n2C. The topological polar surface area (TPSA) is 145 Å². The first-order valence-electron chi connectivity index (χ1n) is 7.97. The molecule has 0 spiro atoms. The van der Waals surface area contributed by atoms with E-state index >= 15 is 0 Å². The van der Waals surface area contributed by atoms with Gasteiger partial charge in [0.05, 0.1) is 12.7 Å². The summed E-state index contributed by atoms with van der Waals surface area (Å²) in [6.07, 6.45) is 4.11. The van der Waals surface area contributed by atoms with Crippen LogP contribution in [-0.2, 0) is 18.9 Å². The van der Waals surface area contributed by atoms with E-state index in [9.17, 15) is 14.4 Å². The maximum absolute atomic E-state index is 12.7. The van der Waals surface area contributed by atoms with Gasteiger partial charge in [0.25, 0.3) is 5.56 Å². The molecule has 1 atom stereocenters. The third-order valence-electron chi connectivity index (χ3n) is 4.43. The van der Waals surface area contributed by atoms with Crippen molar-refractivity contribution in [2.45, 2.75) is 13.0 Å². The van der Waals surface area contributed by atoms with Gasteiger partial charge in [0.1, 0.15) is 17.9 Å². The highest BCUT2D eigenvalue weighted by Crippen LogP contribution is 2.18. The lowest BCUT2D eigenvalue weighted by Gasteiger charge is -2.14. The van der Waals surface area contributed by atoms with Gasteiger partial charge in [-0.25, -0.2) is 24.7 Å². The first-order valence-corrected chi connectivity index (χ1v) is 7.97. The number of fused-ring (bicyclic) bond motifs is 2. The summed E-state index contributed by atoms with van der Waals surface area (Å²) in [5.74, 6) is -0.140. The second-order valence-electron chi connectivity index (χ2n) is 6.02. The van der Waals surface area contributed by atoms with Crippen LogP contribution in [0.15, 0.2) is 28.6 Å². The molecule has 12 heteroatoms. The maximum Gasteiger partial charge on any atom is 0.332 e. The smallest absolute Gasteiger partial charge is 0.332 e. The van der Waals surface area contributed by atoms with Crippen molar-refractivity contribution in [3.05, 3.63) is 39.8 Å². The first-order chi connectivity index (χ1) is 12.9. The molecule has 4 rings (SSSR count). The van der Waals surface area contributed by atoms with Crippen molar-refractivity contribution in [1.29, 1.82) is 0 Å². The van der Waals surface area contributed by atoms with Crippen LogP contribution in [0, 0.1) is 0 Å². The molecule has 2 N–H and O–H groups in total. The molecule has 4 heterocycles. The Morgan fingerprint density at radius 2 is 1.93 bits per heavy atom. The van der Waals surface area contributed by atoms with Crippen LogP contribution >= 0.6 is 0 Å². The van der Waals surface area contributed by atoms with E-state index in [4.69, 9.17) is 0 Å². The quantitative estimate of drug-likeness (QED) is 0.485. The highest BCUT2D eigenvalue weighted by molar-refractivity contribution is 5.98. The lowest BCUT2D eigenvalue weighted by atomic mass is 10.3. The van der Waals surface area contributed by atoms with E-state index in [1.165, 1.54) is 42.2 Å². The zero-order valence-electron chi connectivity index (χ0n) is 14.7. The van der Waals surface area contributed by atoms with Crippen LogP contribution in [0.2, 0.25) is 0 Å². The normalized spacial score (nSPS) is 12.6. The summed E-state index contributed by atoms with van der Waals surface area (Å²) < 4.78 is 3.66. The zero-order valence-corrected chi connectivity index (χ0v) is 14.7. The van der Waals surface area contributed by atoms with Gasteiger partial charge in [-0.3, -0.25) is 18.7 Å². The number of aryl methyl sites for hydroxylation is 1. The van der Waals surface area contributed by atoms with E-state index in [1.807, 2.05) is 0 Å². The fraction of sp³-hybridized carbons (Fsp3) is 0.267. The third-order valence-corrected chi connectivity index (χ3v) is 4.43. The van der Waals surface area contributed by atoms with Crippen molar-refractivity contribution >= 4 is 34.1 Å². The minimum absolute atomic E-state index is 0.164. The Morgan fingerprint density at radius 1 is 1.15 bits per heavy atom. The number of hydrogen-bond acceptors (Lipinski definition) is 7. The third kappa shape index (κ3) is 2.41. The average Bonchev–Trinajstić information content (AvgIpc) is 3.31. The molecule has 1 amide bonds. The summed E-state index contributed by atoms with van der Waals surface area (Å²) in [6, 6.07) is -0.784. The van der Waals surface area contributed by atoms with Crippen molar-refractivity contribution in [2.75, 3.05) is 5.32 Å². The van der Waals surface area contributed by atoms with E-state index < -0.39 is 23.2 Å². The predicted octanol–water partition coefficient (Wildman–Crippen LogP) is -0.700. The van der Waals surface area contributed by atoms with Crippen molar-refractivity contribution < 1.29 is 4.79 Å². The lowest BCUT2D eigenvalue weighted by Crippen LogP contribution is -2.38. The number of amides is 1. The van der Waals surface area contributed by atoms with Gasteiger partial charge in [0.2, 0.25) is 5.91 Å². The number of rotatable bonds is 3. The number of carbonyl (C=O) groups is 1. The van der Waals surface area contributed by atoms with Gasteiger partial charge < -0.3 is 14.9 Å². The van der Waals surface area contributed by atoms with Crippen LogP contribution in [0.5, 0.6) is 0 Å². The molecule has 138 valence electrons. The number of aromatic nitrogens is 8. The van der Waals surface area contributed by atoms with Crippen molar-refractivity contribution in [3.8, 4) is 0 Å². The number of H-pyrrole nitrogens is 1. The number of aromatic amines is 1. The zero-order chi connectivity index (χ0) is 19.3. The van der Waals surface area contributed by atoms with Gasteiger partial charge >= 0.3 is 5.69 Å². The Kier molecular flexibility index (Phi) is 3.61. The fourth-order valence-electron chi connectivity index (χ4n) is 2.87. The Hall–Kier alpha value is -3.83. The van der Waals surface area contributed by atoms with Crippen LogP contribution in [0.1, 0.15) is 13.0 Å². The van der Waals surface area contributed by atoms with Gasteiger partial charge in [-0.2, -0.15) is 0 Å². The van der Waals surface area contributed by atoms with Crippen LogP contribution in [0.4, 0.5) is 5.82 Å². The number of imidazole rings is 2. The number of hydrogen-bond donors (Lipinski definition) is 2. The van der Waals surface area contributed by atoms with Crippen LogP contribution in [0.3, 0.4) is 0 Å². The fourth-order valence-corrected chi connectivity index (χ4v) is 2.87. The Morgan fingerprint density at radius 3 is 2.70 bits per heavy atom. The molecule has 0 unspecified atom stereocenters. The summed E-state index contributed by atoms with van der Waals surface area (Å²) in [5.41, 5.74) is 0.273. The van der Waals surface area contributed by atoms with E-state index in [1.54, 1.807) is 6.92 Å². The molecule has 12 nitrogen and oxygen atoms in total. The highest BCUT2D eigenvalue weighted by Gasteiger charge is 2.23. The van der Waals surface area contributed by atoms with Gasteiger partial charge in [0, 0.05) is 14.1 Å². The highest BCUT2D eigenvalue weighted by atomic mass is 16.2. The average molecular weight is 369 g/mol. The number of carbonyl (C=O) groups excluding carboxylic acids is 1. The second-order valence-corrected chi connectivity index (χ2v) is 6.02. The van der Waals surface area contributed by atoms with Crippen molar-refractivity contribution in [3.63, 3.8) is 0 Å². The molecule has 0 aliphatic rings. The summed E-state index contributed by atoms with van der Waals surface area (Å²) >= 11 is 0. The molecule has 4 aromatic heterocycles. The molecule has 4 aromatic rings. The van der Waals surface area contributed by atoms with Gasteiger partial charge in [-0.05, 0) is 6.92 Å². The number of anilines is 1. The van der Waals surface area contributed by atoms with Gasteiger partial charge in [-0.1, -0.05) is 0 Å². The van der Waals surface area contributed by atoms with Crippen LogP contribution in [-0.4, -0.2) is 44.5 Å². The van der Waals surface area contributed by atoms with E-state index in [0.29, 0.717) is 11.2 Å². The van der Waals surface area contributed by atoms with Crippen molar-refractivity contribution in [1.82, 2.24) is 38.6 Å². The summed E-state index contributed by atoms with van der Waals surface area (Å²) in [7, 11) is 2.89. The molecule has 0 aromatic carbocycles. The molecule has 0 aliphatic heterocycles. The molecule has 0 saturated carbocycles. The Bertz CT molecular complexity index is 1310. The lowest BCUT2D eigenvalue weighted by molar-refractivity contribution is -0.118. The number of nitrogens with zero attached hydrogens (tertiary/aromatic N) is 7. The van der Waals surface area contributed by atoms with Gasteiger partial charge in [-0.15, -0.1) is 0 Å². The standard InChI is InChI=1S/C15H15N9O3/c1-7(13(25)21-11-8-10(17-4-16-8)18-5-19-11)24-6-20-12-9(24)14(26)23(3)15(27)22(12)2/h4-7H,1-3H3,(H2,16,17,18,19,21,25)/t7-/m1/s1. The van der Waals surface area contributed by atoms with E-state index in [-0.39, 0.29) is 17.0 Å². The van der Waals surface area contributed by atoms with E-state index in [0.717, 1.165) is 4.57 Å². The first kappa shape index (κ1) is 16.6. The molecule has 0 aliphatic carbocycles. The Balaban J connectivity index is 1.76. The summed E-state index contributed by atoms with van der Waals surface area (Å²) in [5, 5.41) is 2.70. The number of nitrogens with one attached hydrogen (secondary N) is 2. The van der Waals surface area contributed by atoms with Gasteiger partial charge in [0.15, 0.2) is 22.6 Å². The summed E-state index contributed by atoms with van der Waals surface area (Å²) in [4.78, 5) is 56.3. The second kappa shape index (κ2) is 5.86. The molecular formula is C15H15N9O3. The monoisotopic (exact) mass is 369 g/mol. The molecule has 0 bridgehead atoms. The molecule has 0 radical (unpaired) electrons. The minimum atomic E-state index is -0.784. The van der Waals surface area contributed by atoms with Crippen LogP contribution < -0.4 is 16.6 Å². The Labute approximate surface area is 150 Å². The maximum atomic E-state index is 12.7. The predicted molar refractivity (Wildman–Crippen MR) is 95.2 cm³/mol. The molecular weight excluding hydrogens is 354 g/mol. The largest absolute Gasteiger partial charge is 0.340 e. The van der Waals surface area contributed by atoms with Crippen LogP contribution in [0.25, 0.3) is 22.3 Å². The van der Waals surface area contributed by atoms with Crippen molar-refractivity contribution in [2.24, 2.45) is 14.1 Å². The molecule has 27 heavy (non-hydrogen) atoms. The minimum Gasteiger partial charge on any atom is -0.340 e. The molecule has 0 saturated heterocycles. The van der Waals surface area contributed by atoms with E-state index in [2.05, 4.69) is 30.2 Å².